The Morgan fingerprint density at radius 1 is 1.09 bits per heavy atom. The zero-order chi connectivity index (χ0) is 24.8. The Morgan fingerprint density at radius 2 is 1.83 bits per heavy atom. The Balaban J connectivity index is 1.41. The van der Waals surface area contributed by atoms with Gasteiger partial charge in [-0.1, -0.05) is 0 Å². The van der Waals surface area contributed by atoms with Crippen LogP contribution in [0.15, 0.2) is 42.5 Å². The Kier molecular flexibility index (Phi) is 8.06. The van der Waals surface area contributed by atoms with Crippen molar-refractivity contribution in [2.24, 2.45) is 0 Å². The molecule has 0 unspecified atom stereocenters. The van der Waals surface area contributed by atoms with Crippen molar-refractivity contribution in [3.8, 4) is 11.5 Å². The summed E-state index contributed by atoms with van der Waals surface area (Å²) in [6.45, 7) is 0.647. The van der Waals surface area contributed by atoms with Gasteiger partial charge in [0.2, 0.25) is 5.91 Å². The lowest BCUT2D eigenvalue weighted by Gasteiger charge is -2.37. The molecule has 1 fully saturated rings. The Labute approximate surface area is 203 Å². The van der Waals surface area contributed by atoms with Gasteiger partial charge in [-0.25, -0.2) is 4.79 Å². The van der Waals surface area contributed by atoms with Crippen LogP contribution in [0.4, 0.5) is 16.2 Å². The third kappa shape index (κ3) is 6.02. The molecule has 1 saturated heterocycles. The number of carbonyl (C=O) groups excluding carboxylic acids is 2. The molecule has 4 atom stereocenters. The van der Waals surface area contributed by atoms with Crippen molar-refractivity contribution in [2.45, 2.75) is 37.1 Å². The van der Waals surface area contributed by atoms with E-state index >= 15 is 0 Å². The average Bonchev–Trinajstić information content (AvgIpc) is 3.22. The van der Waals surface area contributed by atoms with E-state index < -0.39 is 6.10 Å². The van der Waals surface area contributed by atoms with Crippen molar-refractivity contribution < 1.29 is 33.6 Å². The van der Waals surface area contributed by atoms with Crippen LogP contribution in [0.2, 0.25) is 0 Å². The largest absolute Gasteiger partial charge is 0.497 e. The first-order chi connectivity index (χ1) is 17.0. The highest BCUT2D eigenvalue weighted by atomic mass is 16.6. The quantitative estimate of drug-likeness (QED) is 0.402. The molecule has 10 heteroatoms. The molecular weight excluding hydrogens is 454 g/mol. The second-order valence-electron chi connectivity index (χ2n) is 8.51. The van der Waals surface area contributed by atoms with Crippen LogP contribution in [0.5, 0.6) is 11.5 Å². The van der Waals surface area contributed by atoms with Crippen LogP contribution in [0, 0.1) is 0 Å². The number of methoxy groups -OCH3 is 2. The number of fused-ring (bicyclic) bond motifs is 3. The Bertz CT molecular complexity index is 1030. The number of carbonyl (C=O) groups is 2. The van der Waals surface area contributed by atoms with E-state index in [1.165, 1.54) is 0 Å². The number of urea groups is 1. The monoisotopic (exact) mass is 485 g/mol. The molecule has 2 heterocycles. The van der Waals surface area contributed by atoms with Gasteiger partial charge in [0, 0.05) is 36.5 Å². The van der Waals surface area contributed by atoms with Gasteiger partial charge in [0.15, 0.2) is 0 Å². The van der Waals surface area contributed by atoms with Gasteiger partial charge in [0.25, 0.3) is 0 Å². The summed E-state index contributed by atoms with van der Waals surface area (Å²) in [7, 11) is 3.16. The molecule has 0 aromatic heterocycles. The fraction of sp³-hybridized carbons (Fsp3) is 0.440. The second kappa shape index (κ2) is 11.4. The standard InChI is InChI=1S/C25H31N3O7/c1-32-10-9-26-23(30)13-18-12-20-19-11-16(5-8-21(19)35-24(20)22(14-29)34-18)28-25(31)27-15-3-6-17(33-2)7-4-15/h3-8,11,18,20,22,24,29H,9-10,12-14H2,1-2H3,(H,26,30)(H2,27,28,31)/t18-,20-,22+,24+/m1/s1. The molecule has 10 nitrogen and oxygen atoms in total. The van der Waals surface area contributed by atoms with Gasteiger partial charge >= 0.3 is 6.03 Å². The van der Waals surface area contributed by atoms with E-state index in [9.17, 15) is 14.7 Å². The van der Waals surface area contributed by atoms with Crippen molar-refractivity contribution in [1.29, 1.82) is 0 Å². The zero-order valence-corrected chi connectivity index (χ0v) is 19.8. The van der Waals surface area contributed by atoms with Gasteiger partial charge in [-0.3, -0.25) is 4.79 Å². The molecule has 0 radical (unpaired) electrons. The van der Waals surface area contributed by atoms with Crippen LogP contribution in [0.3, 0.4) is 0 Å². The minimum Gasteiger partial charge on any atom is -0.497 e. The maximum atomic E-state index is 12.5. The first kappa shape index (κ1) is 24.8. The zero-order valence-electron chi connectivity index (χ0n) is 19.8. The van der Waals surface area contributed by atoms with E-state index in [4.69, 9.17) is 18.9 Å². The molecule has 4 rings (SSSR count). The van der Waals surface area contributed by atoms with Crippen LogP contribution < -0.4 is 25.4 Å². The van der Waals surface area contributed by atoms with E-state index in [2.05, 4.69) is 16.0 Å². The summed E-state index contributed by atoms with van der Waals surface area (Å²) in [6, 6.07) is 12.1. The van der Waals surface area contributed by atoms with Crippen LogP contribution in [0.25, 0.3) is 0 Å². The predicted octanol–water partition coefficient (Wildman–Crippen LogP) is 2.49. The number of aliphatic hydroxyl groups excluding tert-OH is 1. The smallest absolute Gasteiger partial charge is 0.323 e. The number of aliphatic hydroxyl groups is 1. The molecule has 2 aromatic carbocycles. The molecule has 3 amide bonds. The highest BCUT2D eigenvalue weighted by Gasteiger charge is 2.46. The molecule has 2 aromatic rings. The van der Waals surface area contributed by atoms with E-state index in [-0.39, 0.29) is 43.1 Å². The van der Waals surface area contributed by atoms with Gasteiger partial charge in [-0.15, -0.1) is 0 Å². The molecule has 0 spiro atoms. The Morgan fingerprint density at radius 3 is 2.54 bits per heavy atom. The topological polar surface area (TPSA) is 127 Å². The normalized spacial score (nSPS) is 22.4. The number of hydrogen-bond acceptors (Lipinski definition) is 7. The summed E-state index contributed by atoms with van der Waals surface area (Å²) in [5.41, 5.74) is 2.17. The van der Waals surface area contributed by atoms with Gasteiger partial charge in [-0.2, -0.15) is 0 Å². The fourth-order valence-corrected chi connectivity index (χ4v) is 4.51. The lowest BCUT2D eigenvalue weighted by atomic mass is 9.84. The van der Waals surface area contributed by atoms with Gasteiger partial charge in [0.1, 0.15) is 23.7 Å². The molecule has 35 heavy (non-hydrogen) atoms. The molecule has 4 N–H and O–H groups in total. The lowest BCUT2D eigenvalue weighted by Crippen LogP contribution is -2.47. The molecular formula is C25H31N3O7. The first-order valence-corrected chi connectivity index (χ1v) is 11.5. The second-order valence-corrected chi connectivity index (χ2v) is 8.51. The summed E-state index contributed by atoms with van der Waals surface area (Å²) in [5.74, 6) is 1.19. The number of benzene rings is 2. The van der Waals surface area contributed by atoms with E-state index in [1.54, 1.807) is 50.6 Å². The molecule has 2 aliphatic heterocycles. The number of amides is 3. The van der Waals surface area contributed by atoms with Crippen LogP contribution in [0.1, 0.15) is 24.3 Å². The first-order valence-electron chi connectivity index (χ1n) is 11.5. The highest BCUT2D eigenvalue weighted by Crippen LogP contribution is 2.47. The number of ether oxygens (including phenoxy) is 4. The van der Waals surface area contributed by atoms with Gasteiger partial charge in [0.05, 0.1) is 32.8 Å². The van der Waals surface area contributed by atoms with E-state index in [0.29, 0.717) is 42.4 Å². The van der Waals surface area contributed by atoms with Crippen molar-refractivity contribution >= 4 is 23.3 Å². The van der Waals surface area contributed by atoms with E-state index in [1.807, 2.05) is 6.07 Å². The third-order valence-corrected chi connectivity index (χ3v) is 6.15. The average molecular weight is 486 g/mol. The van der Waals surface area contributed by atoms with Crippen molar-refractivity contribution in [2.75, 3.05) is 44.6 Å². The summed E-state index contributed by atoms with van der Waals surface area (Å²) in [5, 5.41) is 18.3. The molecule has 0 aliphatic carbocycles. The van der Waals surface area contributed by atoms with Gasteiger partial charge < -0.3 is 40.0 Å². The Hall–Kier alpha value is -3.34. The van der Waals surface area contributed by atoms with Crippen molar-refractivity contribution in [1.82, 2.24) is 5.32 Å². The highest BCUT2D eigenvalue weighted by molar-refractivity contribution is 5.99. The SMILES string of the molecule is COCCNC(=O)C[C@H]1C[C@@H]2c3cc(NC(=O)Nc4ccc(OC)cc4)ccc3O[C@@H]2[C@H](CO)O1. The lowest BCUT2D eigenvalue weighted by molar-refractivity contribution is -0.142. The summed E-state index contributed by atoms with van der Waals surface area (Å²) in [6.07, 6.45) is -0.520. The van der Waals surface area contributed by atoms with E-state index in [0.717, 1.165) is 5.56 Å². The number of hydrogen-bond donors (Lipinski definition) is 4. The molecule has 2 aliphatic rings. The fourth-order valence-electron chi connectivity index (χ4n) is 4.51. The van der Waals surface area contributed by atoms with Crippen molar-refractivity contribution in [3.05, 3.63) is 48.0 Å². The van der Waals surface area contributed by atoms with Crippen LogP contribution in [-0.4, -0.2) is 69.3 Å². The van der Waals surface area contributed by atoms with Gasteiger partial charge in [-0.05, 0) is 48.9 Å². The van der Waals surface area contributed by atoms with Crippen molar-refractivity contribution in [3.63, 3.8) is 0 Å². The molecule has 0 bridgehead atoms. The predicted molar refractivity (Wildman–Crippen MR) is 129 cm³/mol. The number of rotatable bonds is 9. The summed E-state index contributed by atoms with van der Waals surface area (Å²) < 4.78 is 22.2. The molecule has 0 saturated carbocycles. The number of nitrogens with one attached hydrogen (secondary N) is 3. The van der Waals surface area contributed by atoms with Crippen LogP contribution >= 0.6 is 0 Å². The minimum atomic E-state index is -0.548. The van der Waals surface area contributed by atoms with Crippen LogP contribution in [-0.2, 0) is 14.3 Å². The number of anilines is 2. The maximum absolute atomic E-state index is 12.5. The molecule has 188 valence electrons. The maximum Gasteiger partial charge on any atom is 0.323 e. The minimum absolute atomic E-state index is 0.0703. The summed E-state index contributed by atoms with van der Waals surface area (Å²) >= 11 is 0. The third-order valence-electron chi connectivity index (χ3n) is 6.15. The summed E-state index contributed by atoms with van der Waals surface area (Å²) in [4.78, 5) is 24.8.